The van der Waals surface area contributed by atoms with E-state index < -0.39 is 0 Å². The van der Waals surface area contributed by atoms with Crippen molar-refractivity contribution in [3.05, 3.63) is 29.8 Å². The minimum Gasteiger partial charge on any atom is -0.494 e. The molecule has 0 heterocycles. The number of benzene rings is 1. The topological polar surface area (TPSA) is 21.3 Å². The Hall–Kier alpha value is -1.11. The van der Waals surface area contributed by atoms with Crippen LogP contribution >= 0.6 is 11.8 Å². The van der Waals surface area contributed by atoms with Gasteiger partial charge in [0.25, 0.3) is 0 Å². The Balaban J connectivity index is 2.32. The molecule has 0 aromatic heterocycles. The van der Waals surface area contributed by atoms with Crippen LogP contribution in [-0.2, 0) is 0 Å². The van der Waals surface area contributed by atoms with Crippen molar-refractivity contribution < 1.29 is 4.74 Å². The predicted molar refractivity (Wildman–Crippen MR) is 84.8 cm³/mol. The van der Waals surface area contributed by atoms with Crippen molar-refractivity contribution >= 4 is 11.8 Å². The van der Waals surface area contributed by atoms with Crippen molar-refractivity contribution in [2.24, 2.45) is 0 Å². The SMILES string of the molecule is C#CCSCCNC(C)c1ccc(OCCC)cc1. The van der Waals surface area contributed by atoms with Gasteiger partial charge >= 0.3 is 0 Å². The fourth-order valence-electron chi connectivity index (χ4n) is 1.67. The molecule has 2 nitrogen and oxygen atoms in total. The van der Waals surface area contributed by atoms with E-state index in [9.17, 15) is 0 Å². The molecule has 1 atom stereocenters. The zero-order valence-corrected chi connectivity index (χ0v) is 12.6. The maximum atomic E-state index is 5.57. The van der Waals surface area contributed by atoms with Crippen molar-refractivity contribution in [3.8, 4) is 18.1 Å². The summed E-state index contributed by atoms with van der Waals surface area (Å²) >= 11 is 1.78. The molecule has 0 aliphatic rings. The van der Waals surface area contributed by atoms with Crippen LogP contribution in [0.1, 0.15) is 31.9 Å². The molecule has 0 spiro atoms. The summed E-state index contributed by atoms with van der Waals surface area (Å²) in [5, 5.41) is 3.49. The molecule has 0 saturated heterocycles. The lowest BCUT2D eigenvalue weighted by molar-refractivity contribution is 0.317. The smallest absolute Gasteiger partial charge is 0.119 e. The Kier molecular flexibility index (Phi) is 8.20. The Bertz CT molecular complexity index is 383. The largest absolute Gasteiger partial charge is 0.494 e. The van der Waals surface area contributed by atoms with Gasteiger partial charge in [-0.3, -0.25) is 0 Å². The van der Waals surface area contributed by atoms with E-state index in [1.165, 1.54) is 5.56 Å². The van der Waals surface area contributed by atoms with Crippen LogP contribution in [0.15, 0.2) is 24.3 Å². The molecule has 104 valence electrons. The van der Waals surface area contributed by atoms with Crippen LogP contribution in [-0.4, -0.2) is 24.7 Å². The van der Waals surface area contributed by atoms with Crippen molar-refractivity contribution in [3.63, 3.8) is 0 Å². The lowest BCUT2D eigenvalue weighted by Crippen LogP contribution is -2.21. The Morgan fingerprint density at radius 3 is 2.74 bits per heavy atom. The van der Waals surface area contributed by atoms with Crippen molar-refractivity contribution in [1.82, 2.24) is 5.32 Å². The molecule has 0 aliphatic heterocycles. The maximum absolute atomic E-state index is 5.57. The van der Waals surface area contributed by atoms with E-state index in [2.05, 4.69) is 37.2 Å². The highest BCUT2D eigenvalue weighted by atomic mass is 32.2. The first-order valence-corrected chi connectivity index (χ1v) is 7.90. The fourth-order valence-corrected chi connectivity index (χ4v) is 2.19. The first-order chi connectivity index (χ1) is 9.27. The van der Waals surface area contributed by atoms with Gasteiger partial charge < -0.3 is 10.1 Å². The third-order valence-corrected chi connectivity index (χ3v) is 3.60. The predicted octanol–water partition coefficient (Wildman–Crippen LogP) is 3.49. The molecule has 0 bridgehead atoms. The van der Waals surface area contributed by atoms with Crippen LogP contribution in [0.5, 0.6) is 5.75 Å². The molecule has 1 aromatic rings. The number of nitrogens with one attached hydrogen (secondary N) is 1. The second-order valence-electron chi connectivity index (χ2n) is 4.35. The first-order valence-electron chi connectivity index (χ1n) is 6.75. The molecule has 19 heavy (non-hydrogen) atoms. The number of ether oxygens (including phenoxy) is 1. The van der Waals surface area contributed by atoms with E-state index in [-0.39, 0.29) is 0 Å². The minimum absolute atomic E-state index is 0.353. The molecular formula is C16H23NOS. The fraction of sp³-hybridized carbons (Fsp3) is 0.500. The van der Waals surface area contributed by atoms with E-state index in [1.807, 2.05) is 12.1 Å². The van der Waals surface area contributed by atoms with Gasteiger partial charge in [0, 0.05) is 18.3 Å². The molecule has 1 rings (SSSR count). The van der Waals surface area contributed by atoms with Gasteiger partial charge in [0.05, 0.1) is 12.4 Å². The highest BCUT2D eigenvalue weighted by Crippen LogP contribution is 2.17. The molecule has 0 aliphatic carbocycles. The molecule has 0 amide bonds. The van der Waals surface area contributed by atoms with Crippen molar-refractivity contribution in [2.45, 2.75) is 26.3 Å². The quantitative estimate of drug-likeness (QED) is 0.551. The second-order valence-corrected chi connectivity index (χ2v) is 5.46. The molecule has 1 N–H and O–H groups in total. The molecule has 0 saturated carbocycles. The van der Waals surface area contributed by atoms with Crippen LogP contribution in [0.3, 0.4) is 0 Å². The number of hydrogen-bond acceptors (Lipinski definition) is 3. The van der Waals surface area contributed by atoms with Crippen LogP contribution in [0.25, 0.3) is 0 Å². The van der Waals surface area contributed by atoms with Crippen molar-refractivity contribution in [2.75, 3.05) is 24.7 Å². The lowest BCUT2D eigenvalue weighted by Gasteiger charge is -2.14. The van der Waals surface area contributed by atoms with Gasteiger partial charge in [-0.15, -0.1) is 18.2 Å². The first kappa shape index (κ1) is 15.9. The third-order valence-electron chi connectivity index (χ3n) is 2.74. The molecule has 0 radical (unpaired) electrons. The molecule has 1 unspecified atom stereocenters. The number of thioether (sulfide) groups is 1. The Morgan fingerprint density at radius 1 is 1.37 bits per heavy atom. The van der Waals surface area contributed by atoms with Crippen molar-refractivity contribution in [1.29, 1.82) is 0 Å². The summed E-state index contributed by atoms with van der Waals surface area (Å²) in [6.07, 6.45) is 6.24. The number of terminal acetylenes is 1. The van der Waals surface area contributed by atoms with E-state index >= 15 is 0 Å². The highest BCUT2D eigenvalue weighted by molar-refractivity contribution is 7.99. The lowest BCUT2D eigenvalue weighted by atomic mass is 10.1. The summed E-state index contributed by atoms with van der Waals surface area (Å²) < 4.78 is 5.57. The van der Waals surface area contributed by atoms with E-state index in [0.29, 0.717) is 6.04 Å². The summed E-state index contributed by atoms with van der Waals surface area (Å²) in [5.41, 5.74) is 1.28. The van der Waals surface area contributed by atoms with Gasteiger partial charge in [-0.1, -0.05) is 25.0 Å². The van der Waals surface area contributed by atoms with Gasteiger partial charge in [0.1, 0.15) is 5.75 Å². The van der Waals surface area contributed by atoms with Gasteiger partial charge in [0.2, 0.25) is 0 Å². The van der Waals surface area contributed by atoms with Crippen LogP contribution < -0.4 is 10.1 Å². The van der Waals surface area contributed by atoms with Gasteiger partial charge in [-0.2, -0.15) is 0 Å². The average molecular weight is 277 g/mol. The summed E-state index contributed by atoms with van der Waals surface area (Å²) in [6, 6.07) is 8.67. The van der Waals surface area contributed by atoms with Crippen LogP contribution in [0.2, 0.25) is 0 Å². The number of hydrogen-bond donors (Lipinski definition) is 1. The number of rotatable bonds is 9. The molecular weight excluding hydrogens is 254 g/mol. The summed E-state index contributed by atoms with van der Waals surface area (Å²) in [7, 11) is 0. The van der Waals surface area contributed by atoms with Crippen LogP contribution in [0.4, 0.5) is 0 Å². The average Bonchev–Trinajstić information content (AvgIpc) is 2.45. The standard InChI is InChI=1S/C16H23NOS/c1-4-11-18-16-8-6-15(7-9-16)14(3)17-10-13-19-12-5-2/h2,6-9,14,17H,4,10-13H2,1,3H3. The van der Waals surface area contributed by atoms with Gasteiger partial charge in [-0.25, -0.2) is 0 Å². The van der Waals surface area contributed by atoms with E-state index in [4.69, 9.17) is 11.2 Å². The van der Waals surface area contributed by atoms with E-state index in [0.717, 1.165) is 36.8 Å². The summed E-state index contributed by atoms with van der Waals surface area (Å²) in [6.45, 7) is 6.04. The Morgan fingerprint density at radius 2 is 2.11 bits per heavy atom. The van der Waals surface area contributed by atoms with Crippen LogP contribution in [0, 0.1) is 12.3 Å². The highest BCUT2D eigenvalue weighted by Gasteiger charge is 2.04. The monoisotopic (exact) mass is 277 g/mol. The zero-order valence-electron chi connectivity index (χ0n) is 11.8. The summed E-state index contributed by atoms with van der Waals surface area (Å²) in [5.74, 6) is 5.42. The van der Waals surface area contributed by atoms with Gasteiger partial charge in [-0.05, 0) is 31.0 Å². The minimum atomic E-state index is 0.353. The molecule has 3 heteroatoms. The maximum Gasteiger partial charge on any atom is 0.119 e. The molecule has 0 fully saturated rings. The molecule has 1 aromatic carbocycles. The van der Waals surface area contributed by atoms with Gasteiger partial charge in [0.15, 0.2) is 0 Å². The van der Waals surface area contributed by atoms with E-state index in [1.54, 1.807) is 11.8 Å². The Labute approximate surface area is 121 Å². The summed E-state index contributed by atoms with van der Waals surface area (Å²) in [4.78, 5) is 0. The second kappa shape index (κ2) is 9.77. The third kappa shape index (κ3) is 6.56. The normalized spacial score (nSPS) is 11.8. The zero-order chi connectivity index (χ0) is 13.9.